The molecule has 0 N–H and O–H groups in total. The summed E-state index contributed by atoms with van der Waals surface area (Å²) in [6.07, 6.45) is 0. The van der Waals surface area contributed by atoms with Crippen LogP contribution in [0.25, 0.3) is 10.8 Å². The minimum absolute atomic E-state index is 0.00409. The third-order valence-corrected chi connectivity index (χ3v) is 8.25. The van der Waals surface area contributed by atoms with Gasteiger partial charge in [-0.3, -0.25) is 14.9 Å². The van der Waals surface area contributed by atoms with Crippen LogP contribution in [-0.2, 0) is 14.8 Å². The van der Waals surface area contributed by atoms with Gasteiger partial charge >= 0.3 is 0 Å². The number of carbonyl (C=O) groups is 1. The van der Waals surface area contributed by atoms with Gasteiger partial charge < -0.3 is 4.90 Å². The summed E-state index contributed by atoms with van der Waals surface area (Å²) < 4.78 is 27.5. The van der Waals surface area contributed by atoms with Crippen LogP contribution in [0.4, 0.5) is 5.69 Å². The van der Waals surface area contributed by atoms with Gasteiger partial charge in [0.05, 0.1) is 15.6 Å². The van der Waals surface area contributed by atoms with Crippen molar-refractivity contribution < 1.29 is 18.1 Å². The molecule has 0 aromatic heterocycles. The van der Waals surface area contributed by atoms with E-state index in [1.165, 1.54) is 28.2 Å². The minimum Gasteiger partial charge on any atom is -0.339 e. The van der Waals surface area contributed by atoms with Crippen LogP contribution < -0.4 is 0 Å². The molecule has 1 aliphatic heterocycles. The first kappa shape index (κ1) is 22.3. The summed E-state index contributed by atoms with van der Waals surface area (Å²) >= 11 is 1.30. The lowest BCUT2D eigenvalue weighted by Gasteiger charge is -2.34. The Bertz CT molecular complexity index is 1250. The third-order valence-electron chi connectivity index (χ3n) is 5.36. The summed E-state index contributed by atoms with van der Waals surface area (Å²) in [6, 6.07) is 18.8. The second-order valence-corrected chi connectivity index (χ2v) is 10.3. The van der Waals surface area contributed by atoms with Crippen molar-refractivity contribution in [2.45, 2.75) is 9.79 Å². The van der Waals surface area contributed by atoms with Crippen molar-refractivity contribution >= 4 is 44.2 Å². The zero-order chi connectivity index (χ0) is 22.7. The summed E-state index contributed by atoms with van der Waals surface area (Å²) in [5.74, 6) is 0.103. The number of sulfonamides is 1. The van der Waals surface area contributed by atoms with E-state index in [4.69, 9.17) is 0 Å². The number of rotatable bonds is 6. The molecule has 8 nitrogen and oxygen atoms in total. The summed E-state index contributed by atoms with van der Waals surface area (Å²) in [7, 11) is -3.63. The Hall–Kier alpha value is -2.95. The molecule has 0 atom stereocenters. The maximum absolute atomic E-state index is 13.1. The van der Waals surface area contributed by atoms with E-state index in [1.54, 1.807) is 35.2 Å². The van der Waals surface area contributed by atoms with E-state index in [2.05, 4.69) is 0 Å². The van der Waals surface area contributed by atoms with Gasteiger partial charge in [0.25, 0.3) is 5.69 Å². The normalized spacial score (nSPS) is 15.1. The SMILES string of the molecule is O=C(CSc1ccc([N+](=O)[O-])cc1)N1CCN(S(=O)(=O)c2ccc3ccccc3c2)CC1. The zero-order valence-electron chi connectivity index (χ0n) is 17.1. The van der Waals surface area contributed by atoms with Gasteiger partial charge in [-0.05, 0) is 35.0 Å². The van der Waals surface area contributed by atoms with Crippen molar-refractivity contribution in [1.29, 1.82) is 0 Å². The van der Waals surface area contributed by atoms with Crippen molar-refractivity contribution in [2.24, 2.45) is 0 Å². The standard InChI is InChI=1S/C22H21N3O5S2/c26-22(16-31-20-8-6-19(7-9-20)25(27)28)23-11-13-24(14-12-23)32(29,30)21-10-5-17-3-1-2-4-18(17)15-21/h1-10,15H,11-14,16H2. The molecule has 3 aromatic carbocycles. The highest BCUT2D eigenvalue weighted by molar-refractivity contribution is 8.00. The fourth-order valence-corrected chi connectivity index (χ4v) is 5.81. The monoisotopic (exact) mass is 471 g/mol. The zero-order valence-corrected chi connectivity index (χ0v) is 18.7. The Morgan fingerprint density at radius 2 is 1.59 bits per heavy atom. The number of thioether (sulfide) groups is 1. The van der Waals surface area contributed by atoms with Crippen molar-refractivity contribution in [3.63, 3.8) is 0 Å². The number of non-ortho nitro benzene ring substituents is 1. The highest BCUT2D eigenvalue weighted by Crippen LogP contribution is 2.24. The van der Waals surface area contributed by atoms with Crippen LogP contribution in [0.1, 0.15) is 0 Å². The molecule has 1 aliphatic rings. The number of amides is 1. The summed E-state index contributed by atoms with van der Waals surface area (Å²) in [5.41, 5.74) is 0.00409. The molecule has 0 spiro atoms. The van der Waals surface area contributed by atoms with E-state index in [1.807, 2.05) is 24.3 Å². The van der Waals surface area contributed by atoms with E-state index in [9.17, 15) is 23.3 Å². The number of piperazine rings is 1. The Balaban J connectivity index is 1.34. The first-order chi connectivity index (χ1) is 15.3. The van der Waals surface area contributed by atoms with Gasteiger partial charge in [-0.25, -0.2) is 8.42 Å². The number of carbonyl (C=O) groups excluding carboxylic acids is 1. The van der Waals surface area contributed by atoms with E-state index in [0.29, 0.717) is 13.1 Å². The molecule has 32 heavy (non-hydrogen) atoms. The molecule has 1 heterocycles. The van der Waals surface area contributed by atoms with Gasteiger partial charge in [0, 0.05) is 43.2 Å². The molecule has 4 rings (SSSR count). The first-order valence-electron chi connectivity index (χ1n) is 9.98. The smallest absolute Gasteiger partial charge is 0.269 e. The van der Waals surface area contributed by atoms with Crippen LogP contribution >= 0.6 is 11.8 Å². The Morgan fingerprint density at radius 3 is 2.25 bits per heavy atom. The highest BCUT2D eigenvalue weighted by Gasteiger charge is 2.30. The second kappa shape index (κ2) is 9.27. The van der Waals surface area contributed by atoms with Gasteiger partial charge in [0.1, 0.15) is 0 Å². The van der Waals surface area contributed by atoms with Crippen LogP contribution in [0.15, 0.2) is 76.5 Å². The van der Waals surface area contributed by atoms with Gasteiger partial charge in [-0.2, -0.15) is 4.31 Å². The molecule has 3 aromatic rings. The molecule has 166 valence electrons. The average Bonchev–Trinajstić information content (AvgIpc) is 2.82. The number of nitro benzene ring substituents is 1. The first-order valence-corrected chi connectivity index (χ1v) is 12.4. The van der Waals surface area contributed by atoms with Gasteiger partial charge in [0.2, 0.25) is 15.9 Å². The van der Waals surface area contributed by atoms with Crippen molar-refractivity contribution in [3.8, 4) is 0 Å². The van der Waals surface area contributed by atoms with Crippen LogP contribution in [0.5, 0.6) is 0 Å². The Kier molecular flexibility index (Phi) is 6.45. The third kappa shape index (κ3) is 4.77. The molecule has 10 heteroatoms. The van der Waals surface area contributed by atoms with E-state index in [-0.39, 0.29) is 35.3 Å². The molecule has 0 radical (unpaired) electrons. The molecule has 0 saturated carbocycles. The largest absolute Gasteiger partial charge is 0.339 e. The van der Waals surface area contributed by atoms with Crippen molar-refractivity contribution in [1.82, 2.24) is 9.21 Å². The van der Waals surface area contributed by atoms with Crippen molar-refractivity contribution in [3.05, 3.63) is 76.8 Å². The van der Waals surface area contributed by atoms with E-state index in [0.717, 1.165) is 15.7 Å². The Morgan fingerprint density at radius 1 is 0.938 bits per heavy atom. The quantitative estimate of drug-likeness (QED) is 0.310. The average molecular weight is 472 g/mol. The Labute approximate surface area is 190 Å². The number of hydrogen-bond acceptors (Lipinski definition) is 6. The predicted molar refractivity (Wildman–Crippen MR) is 123 cm³/mol. The second-order valence-electron chi connectivity index (χ2n) is 7.33. The molecule has 1 fully saturated rings. The molecule has 0 unspecified atom stereocenters. The molecule has 1 amide bonds. The van der Waals surface area contributed by atoms with Crippen LogP contribution in [0.2, 0.25) is 0 Å². The van der Waals surface area contributed by atoms with Crippen LogP contribution in [0, 0.1) is 10.1 Å². The van der Waals surface area contributed by atoms with Gasteiger partial charge in [-0.15, -0.1) is 11.8 Å². The fraction of sp³-hybridized carbons (Fsp3) is 0.227. The van der Waals surface area contributed by atoms with E-state index >= 15 is 0 Å². The van der Waals surface area contributed by atoms with E-state index < -0.39 is 14.9 Å². The number of benzene rings is 3. The predicted octanol–water partition coefficient (Wildman–Crippen LogP) is 3.37. The molecule has 0 bridgehead atoms. The summed E-state index contributed by atoms with van der Waals surface area (Å²) in [4.78, 5) is 25.5. The lowest BCUT2D eigenvalue weighted by atomic mass is 10.1. The molecule has 0 aliphatic carbocycles. The molecular weight excluding hydrogens is 450 g/mol. The molecular formula is C22H21N3O5S2. The van der Waals surface area contributed by atoms with Crippen LogP contribution in [-0.4, -0.2) is 60.4 Å². The minimum atomic E-state index is -3.63. The lowest BCUT2D eigenvalue weighted by Crippen LogP contribution is -2.50. The number of hydrogen-bond donors (Lipinski definition) is 0. The lowest BCUT2D eigenvalue weighted by molar-refractivity contribution is -0.384. The topological polar surface area (TPSA) is 101 Å². The maximum Gasteiger partial charge on any atom is 0.269 e. The molecule has 1 saturated heterocycles. The summed E-state index contributed by atoms with van der Waals surface area (Å²) in [6.45, 7) is 1.13. The maximum atomic E-state index is 13.1. The number of nitro groups is 1. The van der Waals surface area contributed by atoms with Gasteiger partial charge in [0.15, 0.2) is 0 Å². The fourth-order valence-electron chi connectivity index (χ4n) is 3.56. The number of nitrogens with zero attached hydrogens (tertiary/aromatic N) is 3. The highest BCUT2D eigenvalue weighted by atomic mass is 32.2. The van der Waals surface area contributed by atoms with Crippen LogP contribution in [0.3, 0.4) is 0 Å². The van der Waals surface area contributed by atoms with Crippen molar-refractivity contribution in [2.75, 3.05) is 31.9 Å². The number of fused-ring (bicyclic) bond motifs is 1. The van der Waals surface area contributed by atoms with Gasteiger partial charge in [-0.1, -0.05) is 30.3 Å². The summed E-state index contributed by atoms with van der Waals surface area (Å²) in [5, 5.41) is 12.6.